The highest BCUT2D eigenvalue weighted by Crippen LogP contribution is 2.29. The molecular weight excluding hydrogens is 168 g/mol. The molecule has 0 spiro atoms. The summed E-state index contributed by atoms with van der Waals surface area (Å²) in [4.78, 5) is 0. The Kier molecular flexibility index (Phi) is 4.71. The predicted molar refractivity (Wildman–Crippen MR) is 64.3 cm³/mol. The third-order valence-corrected chi connectivity index (χ3v) is 3.82. The molecule has 0 amide bonds. The minimum absolute atomic E-state index is 0.860. The van der Waals surface area contributed by atoms with Crippen LogP contribution in [0.1, 0.15) is 59.8 Å². The first-order chi connectivity index (χ1) is 6.59. The second-order valence-corrected chi connectivity index (χ2v) is 5.51. The molecule has 1 aliphatic rings. The third kappa shape index (κ3) is 3.86. The highest BCUT2D eigenvalue weighted by Gasteiger charge is 2.14. The van der Waals surface area contributed by atoms with E-state index in [1.54, 1.807) is 5.57 Å². The van der Waals surface area contributed by atoms with Gasteiger partial charge < -0.3 is 0 Å². The van der Waals surface area contributed by atoms with Crippen LogP contribution in [-0.2, 0) is 0 Å². The van der Waals surface area contributed by atoms with Crippen molar-refractivity contribution in [1.82, 2.24) is 0 Å². The first kappa shape index (κ1) is 11.8. The standard InChI is InChI=1S/C14H26/c1-11(2)13(4)6-5-7-14-9-8-12(3)10-14/h8,11,13-14H,5-7,9-10H2,1-4H3. The molecule has 0 saturated heterocycles. The van der Waals surface area contributed by atoms with Crippen LogP contribution in [0.25, 0.3) is 0 Å². The van der Waals surface area contributed by atoms with E-state index in [9.17, 15) is 0 Å². The third-order valence-electron chi connectivity index (χ3n) is 3.82. The van der Waals surface area contributed by atoms with Gasteiger partial charge in [-0.2, -0.15) is 0 Å². The molecule has 2 unspecified atom stereocenters. The van der Waals surface area contributed by atoms with Crippen LogP contribution in [0.2, 0.25) is 0 Å². The maximum absolute atomic E-state index is 2.43. The molecule has 0 aromatic rings. The van der Waals surface area contributed by atoms with E-state index in [1.807, 2.05) is 0 Å². The Morgan fingerprint density at radius 2 is 2.07 bits per heavy atom. The van der Waals surface area contributed by atoms with Crippen LogP contribution in [0, 0.1) is 17.8 Å². The molecule has 0 aliphatic heterocycles. The minimum Gasteiger partial charge on any atom is -0.0853 e. The largest absolute Gasteiger partial charge is 0.0853 e. The van der Waals surface area contributed by atoms with Crippen molar-refractivity contribution in [3.8, 4) is 0 Å². The summed E-state index contributed by atoms with van der Waals surface area (Å²) in [5, 5.41) is 0. The topological polar surface area (TPSA) is 0 Å². The Labute approximate surface area is 89.8 Å². The van der Waals surface area contributed by atoms with Crippen LogP contribution < -0.4 is 0 Å². The molecule has 0 N–H and O–H groups in total. The van der Waals surface area contributed by atoms with E-state index in [-0.39, 0.29) is 0 Å². The SMILES string of the molecule is CC1=CCC(CCCC(C)C(C)C)C1. The maximum Gasteiger partial charge on any atom is -0.0292 e. The van der Waals surface area contributed by atoms with Gasteiger partial charge in [-0.05, 0) is 43.9 Å². The van der Waals surface area contributed by atoms with Crippen molar-refractivity contribution >= 4 is 0 Å². The number of hydrogen-bond acceptors (Lipinski definition) is 0. The van der Waals surface area contributed by atoms with E-state index >= 15 is 0 Å². The molecule has 0 heteroatoms. The summed E-state index contributed by atoms with van der Waals surface area (Å²) in [6, 6.07) is 0. The van der Waals surface area contributed by atoms with Gasteiger partial charge in [-0.1, -0.05) is 45.3 Å². The summed E-state index contributed by atoms with van der Waals surface area (Å²) in [6.07, 6.45) is 9.46. The molecule has 0 nitrogen and oxygen atoms in total. The molecule has 0 saturated carbocycles. The Hall–Kier alpha value is -0.260. The lowest BCUT2D eigenvalue weighted by molar-refractivity contribution is 0.359. The highest BCUT2D eigenvalue weighted by molar-refractivity contribution is 5.06. The van der Waals surface area contributed by atoms with Crippen molar-refractivity contribution in [2.24, 2.45) is 17.8 Å². The van der Waals surface area contributed by atoms with E-state index in [1.165, 1.54) is 32.1 Å². The molecule has 82 valence electrons. The Morgan fingerprint density at radius 1 is 1.36 bits per heavy atom. The molecule has 0 aromatic carbocycles. The summed E-state index contributed by atoms with van der Waals surface area (Å²) in [6.45, 7) is 9.34. The molecule has 0 radical (unpaired) electrons. The van der Waals surface area contributed by atoms with E-state index in [0.717, 1.165) is 17.8 Å². The molecule has 1 rings (SSSR count). The number of allylic oxidation sites excluding steroid dienone is 2. The first-order valence-corrected chi connectivity index (χ1v) is 6.25. The molecular formula is C14H26. The van der Waals surface area contributed by atoms with Crippen LogP contribution in [0.4, 0.5) is 0 Å². The summed E-state index contributed by atoms with van der Waals surface area (Å²) in [5.41, 5.74) is 1.62. The van der Waals surface area contributed by atoms with E-state index in [4.69, 9.17) is 0 Å². The fourth-order valence-electron chi connectivity index (χ4n) is 2.27. The van der Waals surface area contributed by atoms with Crippen molar-refractivity contribution in [2.75, 3.05) is 0 Å². The van der Waals surface area contributed by atoms with E-state index in [0.29, 0.717) is 0 Å². The highest BCUT2D eigenvalue weighted by atomic mass is 14.2. The molecule has 0 fully saturated rings. The van der Waals surface area contributed by atoms with E-state index in [2.05, 4.69) is 33.8 Å². The minimum atomic E-state index is 0.860. The van der Waals surface area contributed by atoms with Gasteiger partial charge in [0.05, 0.1) is 0 Å². The second-order valence-electron chi connectivity index (χ2n) is 5.51. The van der Waals surface area contributed by atoms with Crippen LogP contribution in [-0.4, -0.2) is 0 Å². The predicted octanol–water partition coefficient (Wildman–Crippen LogP) is 4.81. The summed E-state index contributed by atoms with van der Waals surface area (Å²) >= 11 is 0. The zero-order valence-corrected chi connectivity index (χ0v) is 10.3. The molecule has 2 atom stereocenters. The van der Waals surface area contributed by atoms with Crippen LogP contribution in [0.15, 0.2) is 11.6 Å². The van der Waals surface area contributed by atoms with Crippen LogP contribution in [0.5, 0.6) is 0 Å². The Morgan fingerprint density at radius 3 is 2.57 bits per heavy atom. The van der Waals surface area contributed by atoms with Gasteiger partial charge in [-0.3, -0.25) is 0 Å². The first-order valence-electron chi connectivity index (χ1n) is 6.25. The zero-order chi connectivity index (χ0) is 10.6. The van der Waals surface area contributed by atoms with Crippen molar-refractivity contribution in [3.05, 3.63) is 11.6 Å². The van der Waals surface area contributed by atoms with Gasteiger partial charge in [0.15, 0.2) is 0 Å². The van der Waals surface area contributed by atoms with Crippen LogP contribution in [0.3, 0.4) is 0 Å². The van der Waals surface area contributed by atoms with Gasteiger partial charge in [-0.25, -0.2) is 0 Å². The summed E-state index contributed by atoms with van der Waals surface area (Å²) < 4.78 is 0. The number of rotatable bonds is 5. The molecule has 0 aromatic heterocycles. The quantitative estimate of drug-likeness (QED) is 0.551. The van der Waals surface area contributed by atoms with Crippen molar-refractivity contribution in [3.63, 3.8) is 0 Å². The van der Waals surface area contributed by atoms with Gasteiger partial charge in [0.2, 0.25) is 0 Å². The van der Waals surface area contributed by atoms with E-state index < -0.39 is 0 Å². The van der Waals surface area contributed by atoms with Crippen molar-refractivity contribution < 1.29 is 0 Å². The van der Waals surface area contributed by atoms with Gasteiger partial charge in [0.1, 0.15) is 0 Å². The lowest BCUT2D eigenvalue weighted by Crippen LogP contribution is -2.04. The molecule has 14 heavy (non-hydrogen) atoms. The zero-order valence-electron chi connectivity index (χ0n) is 10.3. The maximum atomic E-state index is 2.43. The van der Waals surface area contributed by atoms with Gasteiger partial charge >= 0.3 is 0 Å². The lowest BCUT2D eigenvalue weighted by atomic mass is 9.90. The van der Waals surface area contributed by atoms with Gasteiger partial charge in [0.25, 0.3) is 0 Å². The summed E-state index contributed by atoms with van der Waals surface area (Å²) in [7, 11) is 0. The Balaban J connectivity index is 2.05. The fraction of sp³-hybridized carbons (Fsp3) is 0.857. The monoisotopic (exact) mass is 194 g/mol. The molecule has 1 aliphatic carbocycles. The van der Waals surface area contributed by atoms with Crippen molar-refractivity contribution in [1.29, 1.82) is 0 Å². The number of hydrogen-bond donors (Lipinski definition) is 0. The smallest absolute Gasteiger partial charge is 0.0292 e. The normalized spacial score (nSPS) is 24.1. The van der Waals surface area contributed by atoms with Gasteiger partial charge in [0, 0.05) is 0 Å². The average molecular weight is 194 g/mol. The molecule has 0 bridgehead atoms. The van der Waals surface area contributed by atoms with Gasteiger partial charge in [-0.15, -0.1) is 0 Å². The Bertz CT molecular complexity index is 188. The average Bonchev–Trinajstić information content (AvgIpc) is 2.51. The second kappa shape index (κ2) is 5.58. The fourth-order valence-corrected chi connectivity index (χ4v) is 2.27. The molecule has 0 heterocycles. The van der Waals surface area contributed by atoms with Crippen molar-refractivity contribution in [2.45, 2.75) is 59.8 Å². The summed E-state index contributed by atoms with van der Waals surface area (Å²) in [5.74, 6) is 2.75. The lowest BCUT2D eigenvalue weighted by Gasteiger charge is -2.16. The van der Waals surface area contributed by atoms with Crippen LogP contribution >= 0.6 is 0 Å².